The predicted octanol–water partition coefficient (Wildman–Crippen LogP) is 3.43. The van der Waals surface area contributed by atoms with E-state index >= 15 is 0 Å². The molecule has 5 nitrogen and oxygen atoms in total. The highest BCUT2D eigenvalue weighted by Gasteiger charge is 2.28. The van der Waals surface area contributed by atoms with Crippen LogP contribution in [0.4, 0.5) is 0 Å². The zero-order valence-corrected chi connectivity index (χ0v) is 13.5. The minimum atomic E-state index is 0.239. The number of aliphatic hydroxyl groups is 1. The molecule has 2 heterocycles. The van der Waals surface area contributed by atoms with Crippen LogP contribution in [0.3, 0.4) is 0 Å². The van der Waals surface area contributed by atoms with Crippen molar-refractivity contribution >= 4 is 0 Å². The highest BCUT2D eigenvalue weighted by atomic mass is 16.5. The van der Waals surface area contributed by atoms with Crippen molar-refractivity contribution in [3.63, 3.8) is 0 Å². The Morgan fingerprint density at radius 2 is 2.00 bits per heavy atom. The molecular weight excluding hydrogens is 290 g/mol. The lowest BCUT2D eigenvalue weighted by Crippen LogP contribution is -2.34. The van der Waals surface area contributed by atoms with Gasteiger partial charge in [-0.3, -0.25) is 4.90 Å². The molecule has 0 bridgehead atoms. The van der Waals surface area contributed by atoms with Crippen LogP contribution in [-0.2, 0) is 0 Å². The lowest BCUT2D eigenvalue weighted by atomic mass is 10.0. The summed E-state index contributed by atoms with van der Waals surface area (Å²) in [7, 11) is 0. The van der Waals surface area contributed by atoms with Gasteiger partial charge < -0.3 is 9.63 Å². The number of likely N-dealkylation sites (tertiary alicyclic amines) is 1. The quantitative estimate of drug-likeness (QED) is 0.793. The Bertz CT molecular complexity index is 585. The van der Waals surface area contributed by atoms with Crippen molar-refractivity contribution < 1.29 is 9.63 Å². The van der Waals surface area contributed by atoms with Crippen molar-refractivity contribution in [2.24, 2.45) is 0 Å². The number of piperidine rings is 1. The minimum absolute atomic E-state index is 0.239. The van der Waals surface area contributed by atoms with Crippen LogP contribution in [0.1, 0.15) is 50.5 Å². The highest BCUT2D eigenvalue weighted by Crippen LogP contribution is 2.31. The first-order chi connectivity index (χ1) is 11.4. The average Bonchev–Trinajstić information content (AvgIpc) is 3.10. The standard InChI is InChI=1S/C18H25N3O2/c22-14-8-2-6-12-21-13-7-5-11-16(21)18-19-17(20-23-18)15-9-3-1-4-10-15/h1,3-4,9-10,16,22H,2,5-8,11-14H2. The Labute approximate surface area is 137 Å². The van der Waals surface area contributed by atoms with Gasteiger partial charge in [-0.05, 0) is 45.2 Å². The van der Waals surface area contributed by atoms with E-state index < -0.39 is 0 Å². The largest absolute Gasteiger partial charge is 0.396 e. The van der Waals surface area contributed by atoms with Gasteiger partial charge in [0.05, 0.1) is 6.04 Å². The van der Waals surface area contributed by atoms with Crippen LogP contribution in [0.25, 0.3) is 11.4 Å². The van der Waals surface area contributed by atoms with Crippen LogP contribution in [0.15, 0.2) is 34.9 Å². The molecule has 1 atom stereocenters. The fraction of sp³-hybridized carbons (Fsp3) is 0.556. The number of hydrogen-bond acceptors (Lipinski definition) is 5. The number of aliphatic hydroxyl groups excluding tert-OH is 1. The second kappa shape index (κ2) is 8.22. The lowest BCUT2D eigenvalue weighted by molar-refractivity contribution is 0.116. The SMILES string of the molecule is OCCCCCN1CCCCC1c1nc(-c2ccccc2)no1. The second-order valence-electron chi connectivity index (χ2n) is 6.15. The van der Waals surface area contributed by atoms with Gasteiger partial charge in [0, 0.05) is 12.2 Å². The molecule has 1 N–H and O–H groups in total. The van der Waals surface area contributed by atoms with Crippen LogP contribution in [0.5, 0.6) is 0 Å². The van der Waals surface area contributed by atoms with Gasteiger partial charge in [-0.1, -0.05) is 41.9 Å². The summed E-state index contributed by atoms with van der Waals surface area (Å²) >= 11 is 0. The monoisotopic (exact) mass is 315 g/mol. The molecule has 1 aliphatic heterocycles. The fourth-order valence-corrected chi connectivity index (χ4v) is 3.22. The molecular formula is C18H25N3O2. The Balaban J connectivity index is 1.67. The van der Waals surface area contributed by atoms with Crippen LogP contribution in [-0.4, -0.2) is 39.8 Å². The van der Waals surface area contributed by atoms with E-state index in [9.17, 15) is 0 Å². The second-order valence-corrected chi connectivity index (χ2v) is 6.15. The summed E-state index contributed by atoms with van der Waals surface area (Å²) in [5.41, 5.74) is 0.993. The van der Waals surface area contributed by atoms with Crippen molar-refractivity contribution in [3.8, 4) is 11.4 Å². The Kier molecular flexibility index (Phi) is 5.77. The van der Waals surface area contributed by atoms with Crippen molar-refractivity contribution in [2.45, 2.75) is 44.6 Å². The van der Waals surface area contributed by atoms with Crippen LogP contribution in [0.2, 0.25) is 0 Å². The van der Waals surface area contributed by atoms with Crippen LogP contribution >= 0.6 is 0 Å². The third-order valence-corrected chi connectivity index (χ3v) is 4.48. The predicted molar refractivity (Wildman–Crippen MR) is 88.8 cm³/mol. The van der Waals surface area contributed by atoms with E-state index in [0.29, 0.717) is 5.82 Å². The molecule has 0 radical (unpaired) electrons. The maximum Gasteiger partial charge on any atom is 0.244 e. The fourth-order valence-electron chi connectivity index (χ4n) is 3.22. The summed E-state index contributed by atoms with van der Waals surface area (Å²) in [6.45, 7) is 2.41. The number of hydrogen-bond donors (Lipinski definition) is 1. The number of benzene rings is 1. The zero-order chi connectivity index (χ0) is 15.9. The van der Waals surface area contributed by atoms with Gasteiger partial charge in [-0.2, -0.15) is 4.98 Å². The number of aromatic nitrogens is 2. The van der Waals surface area contributed by atoms with Gasteiger partial charge in [0.15, 0.2) is 0 Å². The maximum atomic E-state index is 8.90. The molecule has 1 aromatic heterocycles. The van der Waals surface area contributed by atoms with E-state index in [2.05, 4.69) is 15.0 Å². The number of unbranched alkanes of at least 4 members (excludes halogenated alkanes) is 2. The molecule has 0 aliphatic carbocycles. The van der Waals surface area contributed by atoms with Crippen molar-refractivity contribution in [1.82, 2.24) is 15.0 Å². The summed E-state index contributed by atoms with van der Waals surface area (Å²) in [5, 5.41) is 13.1. The molecule has 5 heteroatoms. The number of rotatable bonds is 7. The third-order valence-electron chi connectivity index (χ3n) is 4.48. The van der Waals surface area contributed by atoms with E-state index in [4.69, 9.17) is 9.63 Å². The molecule has 23 heavy (non-hydrogen) atoms. The van der Waals surface area contributed by atoms with Crippen LogP contribution in [0, 0.1) is 0 Å². The molecule has 0 saturated carbocycles. The molecule has 0 amide bonds. The van der Waals surface area contributed by atoms with Crippen LogP contribution < -0.4 is 0 Å². The zero-order valence-electron chi connectivity index (χ0n) is 13.5. The first-order valence-electron chi connectivity index (χ1n) is 8.62. The summed E-state index contributed by atoms with van der Waals surface area (Å²) in [4.78, 5) is 7.10. The molecule has 1 fully saturated rings. The van der Waals surface area contributed by atoms with Gasteiger partial charge in [0.1, 0.15) is 0 Å². The first-order valence-corrected chi connectivity index (χ1v) is 8.62. The molecule has 1 unspecified atom stereocenters. The maximum absolute atomic E-state index is 8.90. The van der Waals surface area contributed by atoms with E-state index in [-0.39, 0.29) is 12.6 Å². The van der Waals surface area contributed by atoms with Crippen molar-refractivity contribution in [2.75, 3.05) is 19.7 Å². The molecule has 2 aromatic rings. The molecule has 3 rings (SSSR count). The Morgan fingerprint density at radius 1 is 1.13 bits per heavy atom. The Morgan fingerprint density at radius 3 is 2.83 bits per heavy atom. The molecule has 1 aliphatic rings. The highest BCUT2D eigenvalue weighted by molar-refractivity contribution is 5.53. The van der Waals surface area contributed by atoms with Gasteiger partial charge in [-0.15, -0.1) is 0 Å². The van der Waals surface area contributed by atoms with E-state index in [0.717, 1.165) is 50.2 Å². The minimum Gasteiger partial charge on any atom is -0.396 e. The van der Waals surface area contributed by atoms with Crippen molar-refractivity contribution in [1.29, 1.82) is 0 Å². The van der Waals surface area contributed by atoms with E-state index in [1.807, 2.05) is 30.3 Å². The third kappa shape index (κ3) is 4.18. The topological polar surface area (TPSA) is 62.4 Å². The lowest BCUT2D eigenvalue weighted by Gasteiger charge is -2.33. The molecule has 0 spiro atoms. The van der Waals surface area contributed by atoms with E-state index in [1.165, 1.54) is 12.8 Å². The molecule has 1 saturated heterocycles. The van der Waals surface area contributed by atoms with Crippen molar-refractivity contribution in [3.05, 3.63) is 36.2 Å². The smallest absolute Gasteiger partial charge is 0.244 e. The van der Waals surface area contributed by atoms with Gasteiger partial charge in [0.25, 0.3) is 0 Å². The molecule has 1 aromatic carbocycles. The first kappa shape index (κ1) is 16.1. The average molecular weight is 315 g/mol. The summed E-state index contributed by atoms with van der Waals surface area (Å²) in [6, 6.07) is 10.2. The normalized spacial score (nSPS) is 19.1. The summed E-state index contributed by atoms with van der Waals surface area (Å²) < 4.78 is 5.57. The van der Waals surface area contributed by atoms with E-state index in [1.54, 1.807) is 0 Å². The number of nitrogens with zero attached hydrogens (tertiary/aromatic N) is 3. The summed E-state index contributed by atoms with van der Waals surface area (Å²) in [5.74, 6) is 1.41. The Hall–Kier alpha value is -1.72. The van der Waals surface area contributed by atoms with Gasteiger partial charge in [0.2, 0.25) is 11.7 Å². The summed E-state index contributed by atoms with van der Waals surface area (Å²) in [6.07, 6.45) is 6.58. The molecule has 124 valence electrons. The van der Waals surface area contributed by atoms with Gasteiger partial charge in [-0.25, -0.2) is 0 Å². The van der Waals surface area contributed by atoms with Gasteiger partial charge >= 0.3 is 0 Å².